The van der Waals surface area contributed by atoms with E-state index >= 15 is 0 Å². The van der Waals surface area contributed by atoms with Gasteiger partial charge in [0.05, 0.1) is 16.8 Å². The van der Waals surface area contributed by atoms with Crippen molar-refractivity contribution in [2.24, 2.45) is 15.9 Å². The smallest absolute Gasteiger partial charge is 0.156 e. The molecule has 2 aliphatic rings. The first-order valence-electron chi connectivity index (χ1n) is 18.1. The fourth-order valence-corrected chi connectivity index (χ4v) is 9.62. The molecule has 0 radical (unpaired) electrons. The number of rotatable bonds is 4. The third kappa shape index (κ3) is 5.41. The molecule has 3 nitrogen and oxygen atoms in total. The summed E-state index contributed by atoms with van der Waals surface area (Å²) in [6.45, 7) is 2.34. The van der Waals surface area contributed by atoms with Gasteiger partial charge in [-0.05, 0) is 89.1 Å². The summed E-state index contributed by atoms with van der Waals surface area (Å²) in [6.07, 6.45) is 9.82. The summed E-state index contributed by atoms with van der Waals surface area (Å²) in [5, 5.41) is 7.50. The summed E-state index contributed by atoms with van der Waals surface area (Å²) in [5.74, 6) is 1.46. The first kappa shape index (κ1) is 31.4. The molecule has 52 heavy (non-hydrogen) atoms. The molecule has 0 saturated carbocycles. The van der Waals surface area contributed by atoms with Crippen LogP contribution < -0.4 is 0 Å². The zero-order valence-electron chi connectivity index (χ0n) is 28.7. The second kappa shape index (κ2) is 12.7. The molecule has 0 bridgehead atoms. The minimum absolute atomic E-state index is 0.00456. The third-order valence-corrected chi connectivity index (χ3v) is 12.4. The summed E-state index contributed by atoms with van der Waals surface area (Å²) in [6, 6.07) is 43.0. The van der Waals surface area contributed by atoms with Gasteiger partial charge in [0.2, 0.25) is 0 Å². The number of fused-ring (bicyclic) bond motifs is 7. The molecule has 8 aromatic rings. The van der Waals surface area contributed by atoms with Crippen LogP contribution in [0.4, 0.5) is 0 Å². The van der Waals surface area contributed by atoms with E-state index in [-0.39, 0.29) is 6.04 Å². The summed E-state index contributed by atoms with van der Waals surface area (Å²) < 4.78 is 8.86. The highest BCUT2D eigenvalue weighted by atomic mass is 35.5. The largest absolute Gasteiger partial charge is 0.454 e. The van der Waals surface area contributed by atoms with Crippen LogP contribution in [0.1, 0.15) is 48.8 Å². The topological polar surface area (TPSA) is 37.9 Å². The summed E-state index contributed by atoms with van der Waals surface area (Å²) in [4.78, 5) is 11.2. The van der Waals surface area contributed by atoms with Gasteiger partial charge >= 0.3 is 0 Å². The van der Waals surface area contributed by atoms with Crippen molar-refractivity contribution in [3.8, 4) is 0 Å². The number of nitrogens with zero attached hydrogens (tertiary/aromatic N) is 2. The first-order chi connectivity index (χ1) is 25.6. The predicted octanol–water partition coefficient (Wildman–Crippen LogP) is 13.5. The van der Waals surface area contributed by atoms with Gasteiger partial charge in [-0.3, -0.25) is 4.99 Å². The van der Waals surface area contributed by atoms with Gasteiger partial charge in [0, 0.05) is 42.4 Å². The minimum Gasteiger partial charge on any atom is -0.454 e. The van der Waals surface area contributed by atoms with Crippen LogP contribution in [-0.4, -0.2) is 17.6 Å². The Morgan fingerprint density at radius 3 is 2.40 bits per heavy atom. The minimum atomic E-state index is -0.00456. The van der Waals surface area contributed by atoms with E-state index in [1.807, 2.05) is 17.4 Å². The lowest BCUT2D eigenvalue weighted by molar-refractivity contribution is 0.477. The molecule has 3 heterocycles. The molecule has 3 atom stereocenters. The molecule has 1 aliphatic carbocycles. The van der Waals surface area contributed by atoms with Crippen molar-refractivity contribution < 1.29 is 4.42 Å². The molecule has 0 fully saturated rings. The van der Waals surface area contributed by atoms with E-state index in [1.165, 1.54) is 36.7 Å². The van der Waals surface area contributed by atoms with E-state index in [4.69, 9.17) is 26.0 Å². The molecule has 252 valence electrons. The molecule has 5 heteroatoms. The molecular weight excluding hydrogens is 676 g/mol. The molecule has 0 amide bonds. The molecule has 0 saturated heterocycles. The number of aliphatic imine (C=N–C) groups is 2. The number of halogens is 1. The highest BCUT2D eigenvalue weighted by molar-refractivity contribution is 7.26. The standard InChI is InChI=1S/C47H35ClN2OS/c1-28-18-23-41(34-25-39-38-24-32-12-5-6-13-33(32)27-42(38)51-45(39)40(48)26-34)49-47(37-16-9-15-36-35-14-7-8-17-43(35)52-46(36)37)50-44(28)31-21-19-30(20-22-31)29-10-3-2-4-11-29/h2-17,19,21-22,24-28,30,44H,18,20,23H2,1H3/b49-41+,50-47-/t28-,30?,44?/m1/s1. The Bertz CT molecular complexity index is 2820. The molecule has 10 rings (SSSR count). The van der Waals surface area contributed by atoms with Crippen LogP contribution in [0, 0.1) is 5.92 Å². The average molecular weight is 711 g/mol. The Kier molecular flexibility index (Phi) is 7.70. The number of benzene rings is 6. The molecule has 0 spiro atoms. The number of furan rings is 1. The van der Waals surface area contributed by atoms with Gasteiger partial charge in [0.25, 0.3) is 0 Å². The van der Waals surface area contributed by atoms with Crippen molar-refractivity contribution in [2.75, 3.05) is 0 Å². The van der Waals surface area contributed by atoms with Gasteiger partial charge in [-0.15, -0.1) is 11.3 Å². The van der Waals surface area contributed by atoms with E-state index < -0.39 is 0 Å². The molecule has 2 unspecified atom stereocenters. The van der Waals surface area contributed by atoms with Crippen LogP contribution in [0.2, 0.25) is 5.02 Å². The van der Waals surface area contributed by atoms with Crippen molar-refractivity contribution in [2.45, 2.75) is 38.1 Å². The van der Waals surface area contributed by atoms with Gasteiger partial charge in [0.1, 0.15) is 5.58 Å². The summed E-state index contributed by atoms with van der Waals surface area (Å²) in [5.41, 5.74) is 7.27. The summed E-state index contributed by atoms with van der Waals surface area (Å²) in [7, 11) is 0. The fraction of sp³-hybridized carbons (Fsp3) is 0.149. The van der Waals surface area contributed by atoms with Gasteiger partial charge in [-0.2, -0.15) is 0 Å². The highest BCUT2D eigenvalue weighted by Gasteiger charge is 2.27. The second-order valence-electron chi connectivity index (χ2n) is 14.2. The Hall–Kier alpha value is -5.29. The maximum atomic E-state index is 7.05. The van der Waals surface area contributed by atoms with Crippen LogP contribution in [0.3, 0.4) is 0 Å². The van der Waals surface area contributed by atoms with Crippen LogP contribution in [0.5, 0.6) is 0 Å². The zero-order valence-corrected chi connectivity index (χ0v) is 30.3. The number of amidine groups is 1. The Labute approximate surface area is 311 Å². The van der Waals surface area contributed by atoms with Gasteiger partial charge in [0.15, 0.2) is 11.4 Å². The Morgan fingerprint density at radius 1 is 0.769 bits per heavy atom. The lowest BCUT2D eigenvalue weighted by Gasteiger charge is -2.27. The lowest BCUT2D eigenvalue weighted by atomic mass is 9.83. The van der Waals surface area contributed by atoms with Crippen molar-refractivity contribution in [3.05, 3.63) is 167 Å². The lowest BCUT2D eigenvalue weighted by Crippen LogP contribution is -2.25. The van der Waals surface area contributed by atoms with E-state index in [0.29, 0.717) is 22.4 Å². The molecular formula is C47H35ClN2OS. The highest BCUT2D eigenvalue weighted by Crippen LogP contribution is 2.40. The van der Waals surface area contributed by atoms with Crippen molar-refractivity contribution >= 4 is 87.4 Å². The zero-order chi connectivity index (χ0) is 34.8. The van der Waals surface area contributed by atoms with E-state index in [1.54, 1.807) is 0 Å². The predicted molar refractivity (Wildman–Crippen MR) is 222 cm³/mol. The average Bonchev–Trinajstić information content (AvgIpc) is 3.75. The first-order valence-corrected chi connectivity index (χ1v) is 19.3. The monoisotopic (exact) mass is 710 g/mol. The SMILES string of the molecule is C[C@@H]1CC/C(c2cc(Cl)c3oc4cc5ccccc5cc4c3c2)=N\C(c2cccc3c2sc2ccccc23)=N/C1C1=CCC(c2ccccc2)C=C1. The third-order valence-electron chi connectivity index (χ3n) is 10.9. The van der Waals surface area contributed by atoms with Crippen LogP contribution in [-0.2, 0) is 0 Å². The van der Waals surface area contributed by atoms with E-state index in [2.05, 4.69) is 140 Å². The van der Waals surface area contributed by atoms with E-state index in [9.17, 15) is 0 Å². The van der Waals surface area contributed by atoms with Gasteiger partial charge in [-0.25, -0.2) is 4.99 Å². The van der Waals surface area contributed by atoms with Crippen molar-refractivity contribution in [3.63, 3.8) is 0 Å². The number of hydrogen-bond donors (Lipinski definition) is 0. The number of allylic oxidation sites excluding steroid dienone is 2. The summed E-state index contributed by atoms with van der Waals surface area (Å²) >= 11 is 8.87. The number of hydrogen-bond acceptors (Lipinski definition) is 4. The van der Waals surface area contributed by atoms with Crippen molar-refractivity contribution in [1.82, 2.24) is 0 Å². The number of thiophene rings is 1. The van der Waals surface area contributed by atoms with Gasteiger partial charge in [-0.1, -0.05) is 122 Å². The van der Waals surface area contributed by atoms with Gasteiger partial charge < -0.3 is 4.42 Å². The van der Waals surface area contributed by atoms with Crippen LogP contribution >= 0.6 is 22.9 Å². The normalized spacial score (nSPS) is 21.6. The Balaban J connectivity index is 1.14. The molecule has 6 aromatic carbocycles. The molecule has 2 aromatic heterocycles. The molecule has 0 N–H and O–H groups in total. The van der Waals surface area contributed by atoms with E-state index in [0.717, 1.165) is 63.7 Å². The molecule has 1 aliphatic heterocycles. The van der Waals surface area contributed by atoms with Crippen LogP contribution in [0.25, 0.3) is 52.9 Å². The fourth-order valence-electron chi connectivity index (χ4n) is 8.15. The van der Waals surface area contributed by atoms with Crippen LogP contribution in [0.15, 0.2) is 160 Å². The maximum Gasteiger partial charge on any atom is 0.156 e. The quantitative estimate of drug-likeness (QED) is 0.179. The Morgan fingerprint density at radius 2 is 1.56 bits per heavy atom. The maximum absolute atomic E-state index is 7.05. The van der Waals surface area contributed by atoms with Crippen molar-refractivity contribution in [1.29, 1.82) is 0 Å². The second-order valence-corrected chi connectivity index (χ2v) is 15.7.